The molecule has 0 atom stereocenters. The number of aromatic nitrogens is 1. The van der Waals surface area contributed by atoms with E-state index >= 15 is 0 Å². The number of amides is 1. The van der Waals surface area contributed by atoms with Crippen molar-refractivity contribution in [2.45, 2.75) is 138 Å². The van der Waals surface area contributed by atoms with Crippen LogP contribution in [0.25, 0.3) is 11.3 Å². The summed E-state index contributed by atoms with van der Waals surface area (Å²) in [5, 5.41) is 3.40. The molecule has 4 nitrogen and oxygen atoms in total. The molecule has 3 rings (SSSR count). The molecule has 0 unspecified atom stereocenters. The van der Waals surface area contributed by atoms with Gasteiger partial charge in [0.15, 0.2) is 5.13 Å². The topological polar surface area (TPSA) is 36.4 Å². The molecule has 1 heterocycles. The van der Waals surface area contributed by atoms with Gasteiger partial charge in [-0.25, -0.2) is 4.98 Å². The predicted octanol–water partition coefficient (Wildman–Crippen LogP) is 10.5. The fourth-order valence-corrected chi connectivity index (χ4v) is 5.77. The van der Waals surface area contributed by atoms with Crippen LogP contribution in [-0.2, 0) is 34.2 Å². The molecule has 0 saturated carbocycles. The van der Waals surface area contributed by atoms with Gasteiger partial charge < -0.3 is 9.80 Å². The van der Waals surface area contributed by atoms with Crippen molar-refractivity contribution in [3.05, 3.63) is 34.7 Å². The van der Waals surface area contributed by atoms with Gasteiger partial charge in [0.1, 0.15) is 0 Å². The van der Waals surface area contributed by atoms with Gasteiger partial charge in [-0.3, -0.25) is 4.79 Å². The number of carbonyl (C=O) groups excluding carboxylic acids is 1. The van der Waals surface area contributed by atoms with Crippen molar-refractivity contribution in [2.24, 2.45) is 0 Å². The van der Waals surface area contributed by atoms with E-state index in [2.05, 4.69) is 76.9 Å². The van der Waals surface area contributed by atoms with Crippen LogP contribution in [0.4, 0.5) is 5.13 Å². The summed E-state index contributed by atoms with van der Waals surface area (Å²) in [7, 11) is 3.60. The molecule has 1 radical (unpaired) electrons. The maximum atomic E-state index is 10.9. The van der Waals surface area contributed by atoms with Gasteiger partial charge in [0.2, 0.25) is 5.91 Å². The monoisotopic (exact) mass is 624 g/mol. The van der Waals surface area contributed by atoms with E-state index in [-0.39, 0.29) is 35.3 Å². The third kappa shape index (κ3) is 13.3. The van der Waals surface area contributed by atoms with Crippen LogP contribution in [0.3, 0.4) is 0 Å². The second kappa shape index (κ2) is 21.4. The first-order valence-corrected chi connectivity index (χ1v) is 16.9. The minimum atomic E-state index is 0. The molecule has 41 heavy (non-hydrogen) atoms. The molecule has 1 aromatic heterocycles. The third-order valence-electron chi connectivity index (χ3n) is 7.39. The number of carbonyl (C=O) groups is 1. The van der Waals surface area contributed by atoms with Crippen LogP contribution in [0.5, 0.6) is 0 Å². The van der Waals surface area contributed by atoms with Crippen molar-refractivity contribution in [1.29, 1.82) is 0 Å². The Morgan fingerprint density at radius 3 is 1.88 bits per heavy atom. The van der Waals surface area contributed by atoms with Gasteiger partial charge in [-0.2, -0.15) is 0 Å². The molecular weight excluding hydrogens is 561 g/mol. The van der Waals surface area contributed by atoms with Gasteiger partial charge >= 0.3 is 0 Å². The van der Waals surface area contributed by atoms with Gasteiger partial charge in [0.25, 0.3) is 0 Å². The van der Waals surface area contributed by atoms with Crippen molar-refractivity contribution in [2.75, 3.05) is 32.1 Å². The summed E-state index contributed by atoms with van der Waals surface area (Å²) in [5.41, 5.74) is 5.95. The van der Waals surface area contributed by atoms with Crippen LogP contribution < -0.4 is 4.90 Å². The summed E-state index contributed by atoms with van der Waals surface area (Å²) in [6, 6.07) is 7.06. The Hall–Kier alpha value is -1.30. The number of hydrogen-bond donors (Lipinski definition) is 0. The van der Waals surface area contributed by atoms with E-state index in [1.165, 1.54) is 47.5 Å². The molecule has 0 saturated heterocycles. The molecule has 0 aliphatic heterocycles. The van der Waals surface area contributed by atoms with Crippen LogP contribution in [-0.4, -0.2) is 43.0 Å². The fraction of sp³-hybridized carbons (Fsp3) is 0.714. The van der Waals surface area contributed by atoms with Gasteiger partial charge in [0.05, 0.1) is 5.69 Å². The number of rotatable bonds is 10. The standard InChI is InChI=1S/C23H34N2S.C8H17NO.2C2H6.V/c1-7-13-25(14-8-2)21-24-20(16-26-21)17-9-10-18-19(15-17)23(5,6)12-11-22(18,3)4;1-4-5-6-7-8(10)9(2)3;2*1-2;/h9-10,15-16H,7-8,11-14H2,1-6H3;4-7H2,1-3H3;2*1-2H3;. The van der Waals surface area contributed by atoms with E-state index in [9.17, 15) is 4.79 Å². The number of hydrogen-bond acceptors (Lipinski definition) is 4. The molecule has 0 bridgehead atoms. The van der Waals surface area contributed by atoms with Crippen LogP contribution in [0, 0.1) is 0 Å². The maximum absolute atomic E-state index is 10.9. The van der Waals surface area contributed by atoms with E-state index in [1.807, 2.05) is 27.7 Å². The van der Waals surface area contributed by atoms with Gasteiger partial charge in [0, 0.05) is 63.1 Å². The Morgan fingerprint density at radius 1 is 0.854 bits per heavy atom. The van der Waals surface area contributed by atoms with E-state index in [0.29, 0.717) is 6.42 Å². The first kappa shape index (κ1) is 41.8. The number of anilines is 1. The van der Waals surface area contributed by atoms with Crippen molar-refractivity contribution < 1.29 is 23.4 Å². The predicted molar refractivity (Wildman–Crippen MR) is 181 cm³/mol. The Kier molecular flexibility index (Phi) is 21.8. The number of thiazole rings is 1. The number of fused-ring (bicyclic) bond motifs is 1. The second-order valence-corrected chi connectivity index (χ2v) is 12.6. The van der Waals surface area contributed by atoms with Crippen LogP contribution in [0.1, 0.15) is 139 Å². The molecule has 1 aliphatic carbocycles. The van der Waals surface area contributed by atoms with Gasteiger partial charge in [-0.05, 0) is 60.1 Å². The summed E-state index contributed by atoms with van der Waals surface area (Å²) in [6.07, 6.45) is 8.93. The van der Waals surface area contributed by atoms with Crippen LogP contribution in [0.2, 0.25) is 0 Å². The Balaban J connectivity index is 0. The summed E-state index contributed by atoms with van der Waals surface area (Å²) in [5.74, 6) is 0.244. The molecule has 235 valence electrons. The van der Waals surface area contributed by atoms with Crippen molar-refractivity contribution in [1.82, 2.24) is 9.88 Å². The largest absolute Gasteiger partial charge is 0.349 e. The van der Waals surface area contributed by atoms with Crippen LogP contribution >= 0.6 is 11.3 Å². The fourth-order valence-electron chi connectivity index (χ4n) is 4.88. The zero-order chi connectivity index (χ0) is 30.9. The maximum Gasteiger partial charge on any atom is 0.222 e. The molecule has 6 heteroatoms. The van der Waals surface area contributed by atoms with E-state index in [4.69, 9.17) is 4.98 Å². The molecule has 0 spiro atoms. The minimum Gasteiger partial charge on any atom is -0.349 e. The van der Waals surface area contributed by atoms with Gasteiger partial charge in [-0.15, -0.1) is 11.3 Å². The first-order chi connectivity index (χ1) is 19.0. The van der Waals surface area contributed by atoms with Gasteiger partial charge in [-0.1, -0.05) is 101 Å². The summed E-state index contributed by atoms with van der Waals surface area (Å²) in [6.45, 7) is 26.3. The average molecular weight is 625 g/mol. The molecule has 1 aromatic carbocycles. The number of benzene rings is 1. The van der Waals surface area contributed by atoms with Crippen molar-refractivity contribution >= 4 is 22.4 Å². The SMILES string of the molecule is CC.CC.CCCCCC(=O)N(C)C.CCCN(CCC)c1nc(-c2ccc3c(c2)C(C)(C)CCC3(C)C)cs1.[V]. The normalized spacial score (nSPS) is 13.9. The molecular formula is C35H63N3OSV. The summed E-state index contributed by atoms with van der Waals surface area (Å²) < 4.78 is 0. The van der Waals surface area contributed by atoms with E-state index < -0.39 is 0 Å². The first-order valence-electron chi connectivity index (χ1n) is 16.0. The van der Waals surface area contributed by atoms with Crippen molar-refractivity contribution in [3.8, 4) is 11.3 Å². The van der Waals surface area contributed by atoms with Crippen LogP contribution in [0.15, 0.2) is 23.6 Å². The van der Waals surface area contributed by atoms with E-state index in [1.54, 1.807) is 30.3 Å². The number of unbranched alkanes of at least 4 members (excludes halogenated alkanes) is 2. The zero-order valence-corrected chi connectivity index (χ0v) is 31.2. The Labute approximate surface area is 271 Å². The summed E-state index contributed by atoms with van der Waals surface area (Å²) in [4.78, 5) is 20.0. The number of nitrogens with zero attached hydrogens (tertiary/aromatic N) is 3. The van der Waals surface area contributed by atoms with E-state index in [0.717, 1.165) is 38.0 Å². The Bertz CT molecular complexity index is 962. The average Bonchev–Trinajstić information content (AvgIpc) is 3.44. The molecule has 0 N–H and O–H groups in total. The minimum absolute atomic E-state index is 0. The Morgan fingerprint density at radius 2 is 1.39 bits per heavy atom. The smallest absolute Gasteiger partial charge is 0.222 e. The summed E-state index contributed by atoms with van der Waals surface area (Å²) >= 11 is 1.78. The second-order valence-electron chi connectivity index (χ2n) is 11.8. The van der Waals surface area contributed by atoms with Crippen molar-refractivity contribution in [3.63, 3.8) is 0 Å². The molecule has 2 aromatic rings. The molecule has 1 amide bonds. The zero-order valence-electron chi connectivity index (χ0n) is 29.0. The molecule has 0 fully saturated rings. The third-order valence-corrected chi connectivity index (χ3v) is 8.29. The molecule has 1 aliphatic rings. The quantitative estimate of drug-likeness (QED) is 0.247.